The van der Waals surface area contributed by atoms with Gasteiger partial charge in [0.25, 0.3) is 0 Å². The number of nitrogens with one attached hydrogen (secondary N) is 12. The Morgan fingerprint density at radius 3 is 1.64 bits per heavy atom. The highest BCUT2D eigenvalue weighted by Gasteiger charge is 2.36. The molecule has 21 N–H and O–H groups in total. The normalized spacial score (nSPS) is 15.3. The van der Waals surface area contributed by atoms with Crippen LogP contribution in [0.2, 0.25) is 0 Å². The number of hydrogen-bond donors (Lipinski definition) is 17. The standard InChI is InChI=1S/C61H96F2N16O13S2/c1-5-6-20-43(73-52(82)42(64)19-10-12-28-70-60(66)67)53(83)74-44(21-11-13-29-71-61(68)69)54(84)75-45(26-27-50(65)80)55(85)77-46(32-38-22-24-39(62)25-23-38)56(86)72-36(4)51(81)76-47(31-37-15-8-7-9-16-37)57(87)79-49(58(88)78-48(59(89)90)30-35(2)3)34-93-40-17-14-18-41(33-40)94(63,91)92/h14,17-18,22-25,33,35-37,42-49H,5-13,15-16,19-21,26-32,34,64H2,1-4H3,(H2,65,80)(H,72,86)(H,73,82)(H,74,83)(H,75,84)(H,76,81)(H,77,85)(H,78,88)(H,79,87)(H,89,90)(H4,66,67,70)(H4,68,69,71)/t36-,42-,43-,44-,45-,46-,47-,48-,49-/m0/s1. The SMILES string of the molecule is CCCC[C@H](NC(=O)[C@@H](N)CCCCNC(=N)N)C(=O)N[C@@H](CCCCNC(=N)N)C(=O)N[C@@H](CCC(N)=O)C(=O)N[C@@H](Cc1ccc(F)cc1)C(=O)N[C@@H](C)C(=O)N[C@@H](CC1CCCCC1)C(=O)N[C@@H](CSc1cccc(S(=O)(=O)F)c1)C(=O)N[C@@H](CC(C)C)C(=O)O. The monoisotopic (exact) mass is 1360 g/mol. The lowest BCUT2D eigenvalue weighted by molar-refractivity contribution is -0.142. The van der Waals surface area contributed by atoms with Gasteiger partial charge in [0, 0.05) is 36.6 Å². The van der Waals surface area contributed by atoms with Crippen molar-refractivity contribution in [2.45, 2.75) is 214 Å². The molecular formula is C61H96F2N16O13S2. The molecular weight excluding hydrogens is 1270 g/mol. The minimum absolute atomic E-state index is 0.00865. The fraction of sp³-hybridized carbons (Fsp3) is 0.607. The molecule has 94 heavy (non-hydrogen) atoms. The van der Waals surface area contributed by atoms with Crippen LogP contribution in [-0.2, 0) is 64.6 Å². The molecule has 1 saturated carbocycles. The van der Waals surface area contributed by atoms with E-state index in [1.807, 2.05) is 6.92 Å². The topological polar surface area (TPSA) is 497 Å². The average molecular weight is 1360 g/mol. The quantitative estimate of drug-likeness (QED) is 0.0144. The van der Waals surface area contributed by atoms with Crippen molar-refractivity contribution in [3.05, 3.63) is 59.9 Å². The van der Waals surface area contributed by atoms with Gasteiger partial charge in [0.1, 0.15) is 54.2 Å². The van der Waals surface area contributed by atoms with Crippen LogP contribution in [0.25, 0.3) is 0 Å². The van der Waals surface area contributed by atoms with Gasteiger partial charge in [-0.1, -0.05) is 83.9 Å². The molecule has 0 saturated heterocycles. The molecule has 29 nitrogen and oxygen atoms in total. The number of carboxylic acid groups (broad SMARTS) is 1. The van der Waals surface area contributed by atoms with Gasteiger partial charge >= 0.3 is 16.2 Å². The Kier molecular flexibility index (Phi) is 35.3. The van der Waals surface area contributed by atoms with Crippen LogP contribution in [0.3, 0.4) is 0 Å². The zero-order valence-corrected chi connectivity index (χ0v) is 55.4. The molecule has 33 heteroatoms. The molecule has 0 heterocycles. The van der Waals surface area contributed by atoms with Crippen LogP contribution in [0.5, 0.6) is 0 Å². The van der Waals surface area contributed by atoms with Gasteiger partial charge in [-0.25, -0.2) is 9.18 Å². The van der Waals surface area contributed by atoms with E-state index in [2.05, 4.69) is 53.2 Å². The van der Waals surface area contributed by atoms with Gasteiger partial charge < -0.3 is 81.2 Å². The van der Waals surface area contributed by atoms with Gasteiger partial charge in [0.2, 0.25) is 53.2 Å². The molecule has 0 aliphatic heterocycles. The lowest BCUT2D eigenvalue weighted by Gasteiger charge is -2.29. The van der Waals surface area contributed by atoms with Gasteiger partial charge in [-0.2, -0.15) is 8.42 Å². The van der Waals surface area contributed by atoms with E-state index in [4.69, 9.17) is 33.8 Å². The summed E-state index contributed by atoms with van der Waals surface area (Å²) in [4.78, 5) is 138. The van der Waals surface area contributed by atoms with E-state index in [9.17, 15) is 69.7 Å². The summed E-state index contributed by atoms with van der Waals surface area (Å²) < 4.78 is 51.7. The highest BCUT2D eigenvalue weighted by molar-refractivity contribution is 7.99. The Balaban J connectivity index is 1.97. The molecule has 0 aromatic heterocycles. The first kappa shape index (κ1) is 80.0. The van der Waals surface area contributed by atoms with Crippen molar-refractivity contribution in [1.29, 1.82) is 10.8 Å². The summed E-state index contributed by atoms with van der Waals surface area (Å²) in [5, 5.41) is 51.0. The van der Waals surface area contributed by atoms with Crippen LogP contribution < -0.4 is 76.1 Å². The molecule has 0 unspecified atom stereocenters. The Morgan fingerprint density at radius 1 is 0.606 bits per heavy atom. The van der Waals surface area contributed by atoms with Crippen molar-refractivity contribution in [3.63, 3.8) is 0 Å². The number of guanidine groups is 2. The van der Waals surface area contributed by atoms with E-state index in [0.717, 1.165) is 55.3 Å². The third-order valence-corrected chi connectivity index (χ3v) is 17.3. The Hall–Kier alpha value is -8.20. The summed E-state index contributed by atoms with van der Waals surface area (Å²) in [6.07, 6.45) is 5.75. The molecule has 0 bridgehead atoms. The maximum absolute atomic E-state index is 14.6. The van der Waals surface area contributed by atoms with Crippen molar-refractivity contribution in [2.24, 2.45) is 34.8 Å². The maximum Gasteiger partial charge on any atom is 0.332 e. The van der Waals surface area contributed by atoms with E-state index in [1.54, 1.807) is 13.8 Å². The van der Waals surface area contributed by atoms with Crippen LogP contribution in [-0.4, -0.2) is 158 Å². The van der Waals surface area contributed by atoms with E-state index in [1.165, 1.54) is 31.2 Å². The predicted molar refractivity (Wildman–Crippen MR) is 348 cm³/mol. The fourth-order valence-electron chi connectivity index (χ4n) is 10.2. The number of carbonyl (C=O) groups is 10. The summed E-state index contributed by atoms with van der Waals surface area (Å²) in [6, 6.07) is -2.96. The molecule has 524 valence electrons. The zero-order chi connectivity index (χ0) is 70.1. The second kappa shape index (κ2) is 41.5. The van der Waals surface area contributed by atoms with Crippen molar-refractivity contribution in [2.75, 3.05) is 18.8 Å². The van der Waals surface area contributed by atoms with Gasteiger partial charge in [-0.3, -0.25) is 54.0 Å². The molecule has 1 aliphatic carbocycles. The van der Waals surface area contributed by atoms with Crippen LogP contribution in [0.1, 0.15) is 149 Å². The van der Waals surface area contributed by atoms with E-state index in [-0.39, 0.29) is 85.9 Å². The number of hydrogen-bond acceptors (Lipinski definition) is 16. The van der Waals surface area contributed by atoms with E-state index < -0.39 is 147 Å². The van der Waals surface area contributed by atoms with Gasteiger partial charge in [-0.05, 0) is 119 Å². The minimum atomic E-state index is -5.14. The molecule has 9 atom stereocenters. The minimum Gasteiger partial charge on any atom is -0.480 e. The van der Waals surface area contributed by atoms with Crippen molar-refractivity contribution >= 4 is 93.0 Å². The smallest absolute Gasteiger partial charge is 0.332 e. The highest BCUT2D eigenvalue weighted by Crippen LogP contribution is 2.28. The molecule has 9 amide bonds. The molecule has 0 radical (unpaired) electrons. The lowest BCUT2D eigenvalue weighted by atomic mass is 9.84. The number of unbranched alkanes of at least 4 members (excludes halogenated alkanes) is 3. The van der Waals surface area contributed by atoms with Crippen molar-refractivity contribution in [1.82, 2.24) is 53.2 Å². The number of benzene rings is 2. The largest absolute Gasteiger partial charge is 0.480 e. The molecule has 1 fully saturated rings. The van der Waals surface area contributed by atoms with E-state index >= 15 is 0 Å². The van der Waals surface area contributed by atoms with Crippen LogP contribution in [0, 0.1) is 28.5 Å². The second-order valence-corrected chi connectivity index (χ2v) is 26.3. The number of primary amides is 1. The number of thioether (sulfide) groups is 1. The molecule has 2 aromatic rings. The summed E-state index contributed by atoms with van der Waals surface area (Å²) >= 11 is 0.858. The summed E-state index contributed by atoms with van der Waals surface area (Å²) in [5.74, 6) is -11.1. The number of amides is 9. The number of carbonyl (C=O) groups excluding carboxylic acids is 9. The highest BCUT2D eigenvalue weighted by atomic mass is 32.3. The first-order valence-electron chi connectivity index (χ1n) is 31.6. The fourth-order valence-corrected chi connectivity index (χ4v) is 11.7. The first-order valence-corrected chi connectivity index (χ1v) is 34.0. The van der Waals surface area contributed by atoms with Crippen LogP contribution >= 0.6 is 11.8 Å². The number of rotatable bonds is 43. The maximum atomic E-state index is 14.6. The van der Waals surface area contributed by atoms with Crippen molar-refractivity contribution < 1.29 is 69.7 Å². The van der Waals surface area contributed by atoms with Gasteiger partial charge in [0.15, 0.2) is 11.9 Å². The average Bonchev–Trinajstić information content (AvgIpc) is 1.09. The molecule has 3 rings (SSSR count). The van der Waals surface area contributed by atoms with Gasteiger partial charge in [-0.15, -0.1) is 15.6 Å². The lowest BCUT2D eigenvalue weighted by Crippen LogP contribution is -2.60. The number of halogens is 2. The van der Waals surface area contributed by atoms with E-state index in [0.29, 0.717) is 57.1 Å². The number of carboxylic acids is 1. The summed E-state index contributed by atoms with van der Waals surface area (Å²) in [7, 11) is -5.14. The van der Waals surface area contributed by atoms with Crippen LogP contribution in [0.4, 0.5) is 8.28 Å². The molecule has 2 aromatic carbocycles. The predicted octanol–water partition coefficient (Wildman–Crippen LogP) is 0.908. The van der Waals surface area contributed by atoms with Gasteiger partial charge in [0.05, 0.1) is 10.9 Å². The first-order chi connectivity index (χ1) is 44.4. The Labute approximate surface area is 551 Å². The third kappa shape index (κ3) is 31.2. The molecule has 0 spiro atoms. The number of aliphatic carboxylic acids is 1. The summed E-state index contributed by atoms with van der Waals surface area (Å²) in [5.41, 5.74) is 22.8. The molecule has 1 aliphatic rings. The zero-order valence-electron chi connectivity index (χ0n) is 53.8. The third-order valence-electron chi connectivity index (χ3n) is 15.4. The van der Waals surface area contributed by atoms with Crippen molar-refractivity contribution in [3.8, 4) is 0 Å². The second-order valence-electron chi connectivity index (χ2n) is 23.8. The number of nitrogens with two attached hydrogens (primary N) is 4. The summed E-state index contributed by atoms with van der Waals surface area (Å²) in [6.45, 7) is 7.22. The Morgan fingerprint density at radius 2 is 1.10 bits per heavy atom. The Bertz CT molecular complexity index is 3000. The van der Waals surface area contributed by atoms with Crippen LogP contribution in [0.15, 0.2) is 58.3 Å².